The molecule has 0 bridgehead atoms. The topological polar surface area (TPSA) is 120 Å². The largest absolute Gasteiger partial charge is 0.503 e. The highest BCUT2D eigenvalue weighted by Crippen LogP contribution is 2.34. The van der Waals surface area contributed by atoms with Crippen LogP contribution in [0.5, 0.6) is 0 Å². The van der Waals surface area contributed by atoms with E-state index in [0.717, 1.165) is 0 Å². The van der Waals surface area contributed by atoms with Gasteiger partial charge in [-0.15, -0.1) is 0 Å². The first kappa shape index (κ1) is 24.5. The quantitative estimate of drug-likeness (QED) is 0.310. The van der Waals surface area contributed by atoms with Gasteiger partial charge in [0.2, 0.25) is 5.91 Å². The Morgan fingerprint density at radius 3 is 2.81 bits per heavy atom. The first-order chi connectivity index (χ1) is 17.3. The molecule has 1 saturated heterocycles. The van der Waals surface area contributed by atoms with Crippen molar-refractivity contribution in [2.45, 2.75) is 25.9 Å². The summed E-state index contributed by atoms with van der Waals surface area (Å²) in [5.74, 6) is 4.38. The van der Waals surface area contributed by atoms with E-state index < -0.39 is 11.7 Å². The van der Waals surface area contributed by atoms with Gasteiger partial charge in [-0.3, -0.25) is 9.59 Å². The molecule has 1 aliphatic heterocycles. The van der Waals surface area contributed by atoms with E-state index in [1.54, 1.807) is 24.1 Å². The SMILES string of the molecule is C=CC(=O)N1C[C@@H](n2nc(C#Cc3cc4ncn(CC)c4cc3F)c(C(N)=O)c2NC)C/C1=C\OC. The molecule has 1 aliphatic rings. The van der Waals surface area contributed by atoms with Crippen LogP contribution in [0.4, 0.5) is 10.2 Å². The van der Waals surface area contributed by atoms with Gasteiger partial charge in [-0.25, -0.2) is 14.1 Å². The van der Waals surface area contributed by atoms with Gasteiger partial charge in [0, 0.05) is 32.6 Å². The number of fused-ring (bicyclic) bond motifs is 1. The molecule has 3 N–H and O–H groups in total. The Balaban J connectivity index is 1.77. The van der Waals surface area contributed by atoms with Crippen LogP contribution in [-0.2, 0) is 16.1 Å². The maximum Gasteiger partial charge on any atom is 0.255 e. The van der Waals surface area contributed by atoms with Crippen molar-refractivity contribution in [2.24, 2.45) is 5.73 Å². The Labute approximate surface area is 207 Å². The number of carbonyl (C=O) groups is 2. The van der Waals surface area contributed by atoms with E-state index in [-0.39, 0.29) is 35.3 Å². The number of primary amides is 1. The van der Waals surface area contributed by atoms with Crippen molar-refractivity contribution < 1.29 is 18.7 Å². The smallest absolute Gasteiger partial charge is 0.255 e. The predicted octanol–water partition coefficient (Wildman–Crippen LogP) is 2.38. The van der Waals surface area contributed by atoms with Crippen LogP contribution in [-0.4, -0.2) is 56.7 Å². The number of imidazole rings is 1. The molecule has 36 heavy (non-hydrogen) atoms. The number of benzene rings is 1. The first-order valence-corrected chi connectivity index (χ1v) is 11.2. The summed E-state index contributed by atoms with van der Waals surface area (Å²) in [7, 11) is 3.12. The number of hydrogen-bond donors (Lipinski definition) is 2. The highest BCUT2D eigenvalue weighted by molar-refractivity contribution is 6.00. The van der Waals surface area contributed by atoms with Crippen LogP contribution in [0.2, 0.25) is 0 Å². The van der Waals surface area contributed by atoms with E-state index in [2.05, 4.69) is 33.8 Å². The lowest BCUT2D eigenvalue weighted by Gasteiger charge is -2.16. The highest BCUT2D eigenvalue weighted by atomic mass is 19.1. The van der Waals surface area contributed by atoms with Crippen LogP contribution in [0.1, 0.15) is 41.0 Å². The van der Waals surface area contributed by atoms with Crippen LogP contribution >= 0.6 is 0 Å². The number of ether oxygens (including phenoxy) is 1. The number of amides is 2. The number of allylic oxidation sites excluding steroid dienone is 1. The Kier molecular flexibility index (Phi) is 6.78. The monoisotopic (exact) mass is 491 g/mol. The second-order valence-electron chi connectivity index (χ2n) is 8.09. The Morgan fingerprint density at radius 1 is 1.39 bits per heavy atom. The zero-order valence-electron chi connectivity index (χ0n) is 20.2. The number of nitrogens with one attached hydrogen (secondary N) is 1. The van der Waals surface area contributed by atoms with Gasteiger partial charge < -0.3 is 25.3 Å². The number of hydrogen-bond acceptors (Lipinski definition) is 6. The molecule has 1 atom stereocenters. The number of aromatic nitrogens is 4. The Morgan fingerprint density at radius 2 is 2.17 bits per heavy atom. The molecule has 3 heterocycles. The average molecular weight is 492 g/mol. The summed E-state index contributed by atoms with van der Waals surface area (Å²) < 4.78 is 23.3. The molecule has 0 spiro atoms. The number of nitrogens with two attached hydrogens (primary N) is 1. The van der Waals surface area contributed by atoms with Crippen LogP contribution in [0.25, 0.3) is 11.0 Å². The summed E-state index contributed by atoms with van der Waals surface area (Å²) in [4.78, 5) is 30.5. The molecule has 0 aliphatic carbocycles. The lowest BCUT2D eigenvalue weighted by Crippen LogP contribution is -2.27. The van der Waals surface area contributed by atoms with Crippen molar-refractivity contribution in [2.75, 3.05) is 26.0 Å². The van der Waals surface area contributed by atoms with Gasteiger partial charge in [0.15, 0.2) is 5.69 Å². The molecule has 4 rings (SSSR count). The fourth-order valence-corrected chi connectivity index (χ4v) is 4.31. The van der Waals surface area contributed by atoms with Gasteiger partial charge in [0.25, 0.3) is 5.91 Å². The molecule has 0 unspecified atom stereocenters. The van der Waals surface area contributed by atoms with Gasteiger partial charge in [-0.1, -0.05) is 12.5 Å². The summed E-state index contributed by atoms with van der Waals surface area (Å²) in [5, 5.41) is 7.49. The number of methoxy groups -OCH3 is 1. The zero-order valence-corrected chi connectivity index (χ0v) is 20.2. The van der Waals surface area contributed by atoms with Crippen LogP contribution in [0, 0.1) is 17.7 Å². The number of rotatable bonds is 6. The number of anilines is 1. The third-order valence-electron chi connectivity index (χ3n) is 5.98. The molecular formula is C25H26FN7O3. The molecular weight excluding hydrogens is 465 g/mol. The molecule has 186 valence electrons. The second kappa shape index (κ2) is 9.95. The van der Waals surface area contributed by atoms with E-state index in [0.29, 0.717) is 35.5 Å². The van der Waals surface area contributed by atoms with E-state index in [4.69, 9.17) is 10.5 Å². The maximum absolute atomic E-state index is 14.8. The van der Waals surface area contributed by atoms with Crippen molar-refractivity contribution in [1.82, 2.24) is 24.2 Å². The van der Waals surface area contributed by atoms with Gasteiger partial charge in [0.1, 0.15) is 23.5 Å². The molecule has 2 amide bonds. The summed E-state index contributed by atoms with van der Waals surface area (Å²) in [5.41, 5.74) is 7.87. The average Bonchev–Trinajstić information content (AvgIpc) is 3.56. The molecule has 2 aromatic heterocycles. The summed E-state index contributed by atoms with van der Waals surface area (Å²) in [6.07, 6.45) is 4.74. The van der Waals surface area contributed by atoms with Crippen LogP contribution in [0.15, 0.2) is 43.1 Å². The number of carbonyl (C=O) groups excluding carboxylic acids is 2. The molecule has 3 aromatic rings. The summed E-state index contributed by atoms with van der Waals surface area (Å²) in [6, 6.07) is 2.61. The lowest BCUT2D eigenvalue weighted by atomic mass is 10.1. The van der Waals surface area contributed by atoms with E-state index in [1.807, 2.05) is 11.5 Å². The lowest BCUT2D eigenvalue weighted by molar-refractivity contribution is -0.123. The minimum Gasteiger partial charge on any atom is -0.503 e. The third-order valence-corrected chi connectivity index (χ3v) is 5.98. The minimum atomic E-state index is -0.739. The van der Waals surface area contributed by atoms with Gasteiger partial charge in [-0.2, -0.15) is 5.10 Å². The Bertz CT molecular complexity index is 1460. The molecule has 1 fully saturated rings. The summed E-state index contributed by atoms with van der Waals surface area (Å²) >= 11 is 0. The van der Waals surface area contributed by atoms with Crippen molar-refractivity contribution in [1.29, 1.82) is 0 Å². The highest BCUT2D eigenvalue weighted by Gasteiger charge is 2.35. The maximum atomic E-state index is 14.8. The Hall–Kier alpha value is -4.59. The van der Waals surface area contributed by atoms with Crippen LogP contribution in [0.3, 0.4) is 0 Å². The molecule has 1 aromatic carbocycles. The van der Waals surface area contributed by atoms with E-state index >= 15 is 0 Å². The molecule has 11 heteroatoms. The molecule has 0 radical (unpaired) electrons. The number of aryl methyl sites for hydroxylation is 1. The third kappa shape index (κ3) is 4.29. The molecule has 0 saturated carbocycles. The fourth-order valence-electron chi connectivity index (χ4n) is 4.31. The zero-order chi connectivity index (χ0) is 26.0. The predicted molar refractivity (Wildman–Crippen MR) is 132 cm³/mol. The summed E-state index contributed by atoms with van der Waals surface area (Å²) in [6.45, 7) is 6.42. The van der Waals surface area contributed by atoms with Crippen molar-refractivity contribution in [3.8, 4) is 11.8 Å². The van der Waals surface area contributed by atoms with Crippen molar-refractivity contribution in [3.05, 3.63) is 65.7 Å². The second-order valence-corrected chi connectivity index (χ2v) is 8.09. The van der Waals surface area contributed by atoms with Gasteiger partial charge >= 0.3 is 0 Å². The minimum absolute atomic E-state index is 0.0764. The van der Waals surface area contributed by atoms with Crippen molar-refractivity contribution in [3.63, 3.8) is 0 Å². The number of nitrogens with zero attached hydrogens (tertiary/aromatic N) is 5. The van der Waals surface area contributed by atoms with E-state index in [1.165, 1.54) is 30.4 Å². The van der Waals surface area contributed by atoms with E-state index in [9.17, 15) is 14.0 Å². The normalized spacial score (nSPS) is 16.2. The van der Waals surface area contributed by atoms with Gasteiger partial charge in [0.05, 0.1) is 41.8 Å². The molecule has 10 nitrogen and oxygen atoms in total. The standard InChI is InChI=1S/C25H26FN7O3/c1-5-22(34)32-12-16(10-17(32)13-36-4)33-25(28-3)23(24(27)35)19(30-33)8-7-15-9-20-21(11-18(15)26)31(6-2)14-29-20/h5,9,11,13-14,16,28H,1,6,10,12H2,2-4H3,(H2,27,35)/b17-13+/t16-/m0/s1. The van der Waals surface area contributed by atoms with Crippen LogP contribution < -0.4 is 11.1 Å². The van der Waals surface area contributed by atoms with Crippen molar-refractivity contribution >= 4 is 28.7 Å². The number of halogens is 1. The first-order valence-electron chi connectivity index (χ1n) is 11.2. The van der Waals surface area contributed by atoms with Gasteiger partial charge in [-0.05, 0) is 25.0 Å². The number of likely N-dealkylation sites (tertiary alicyclic amines) is 1. The fraction of sp³-hybridized carbons (Fsp3) is 0.280.